The standard InChI is InChI=1S/C14H30O2/c1-4-6-7-9-13(15)10-8-12-14(3,16)11-5-2/h13,15-16H,4-12H2,1-3H3/t13-,14-/m0/s1. The molecule has 0 aliphatic carbocycles. The maximum absolute atomic E-state index is 9.96. The van der Waals surface area contributed by atoms with Crippen molar-refractivity contribution >= 4 is 0 Å². The van der Waals surface area contributed by atoms with Crippen LogP contribution >= 0.6 is 0 Å². The summed E-state index contributed by atoms with van der Waals surface area (Å²) in [5.74, 6) is 0. The summed E-state index contributed by atoms with van der Waals surface area (Å²) in [6.45, 7) is 6.17. The molecule has 0 amide bonds. The quantitative estimate of drug-likeness (QED) is 0.562. The fraction of sp³-hybridized carbons (Fsp3) is 1.00. The van der Waals surface area contributed by atoms with E-state index in [0.717, 1.165) is 44.9 Å². The summed E-state index contributed by atoms with van der Waals surface area (Å²) in [5, 5.41) is 19.7. The molecule has 0 spiro atoms. The highest BCUT2D eigenvalue weighted by Gasteiger charge is 2.18. The van der Waals surface area contributed by atoms with Gasteiger partial charge >= 0.3 is 0 Å². The van der Waals surface area contributed by atoms with Gasteiger partial charge in [-0.15, -0.1) is 0 Å². The second-order valence-corrected chi connectivity index (χ2v) is 5.29. The first-order chi connectivity index (χ1) is 7.52. The van der Waals surface area contributed by atoms with Gasteiger partial charge in [-0.2, -0.15) is 0 Å². The van der Waals surface area contributed by atoms with E-state index in [2.05, 4.69) is 13.8 Å². The van der Waals surface area contributed by atoms with Crippen LogP contribution in [0.15, 0.2) is 0 Å². The molecule has 98 valence electrons. The number of hydrogen-bond acceptors (Lipinski definition) is 2. The van der Waals surface area contributed by atoms with Gasteiger partial charge in [0.15, 0.2) is 0 Å². The highest BCUT2D eigenvalue weighted by atomic mass is 16.3. The lowest BCUT2D eigenvalue weighted by Gasteiger charge is -2.23. The van der Waals surface area contributed by atoms with Crippen LogP contribution in [0.1, 0.15) is 78.6 Å². The molecule has 0 rings (SSSR count). The normalized spacial score (nSPS) is 17.1. The Hall–Kier alpha value is -0.0800. The number of unbranched alkanes of at least 4 members (excludes halogenated alkanes) is 2. The van der Waals surface area contributed by atoms with E-state index < -0.39 is 5.60 Å². The van der Waals surface area contributed by atoms with Crippen LogP contribution in [-0.4, -0.2) is 21.9 Å². The Labute approximate surface area is 101 Å². The van der Waals surface area contributed by atoms with Crippen LogP contribution in [0.3, 0.4) is 0 Å². The lowest BCUT2D eigenvalue weighted by atomic mass is 9.92. The van der Waals surface area contributed by atoms with Crippen LogP contribution < -0.4 is 0 Å². The van der Waals surface area contributed by atoms with E-state index in [4.69, 9.17) is 0 Å². The summed E-state index contributed by atoms with van der Waals surface area (Å²) in [5.41, 5.74) is -0.530. The molecule has 0 radical (unpaired) electrons. The first-order valence-electron chi connectivity index (χ1n) is 6.92. The molecule has 0 saturated heterocycles. The molecule has 0 aliphatic rings. The van der Waals surface area contributed by atoms with Crippen molar-refractivity contribution in [2.24, 2.45) is 0 Å². The SMILES string of the molecule is CCCCC[C@H](O)CCC[C@@](C)(O)CCC. The van der Waals surface area contributed by atoms with Gasteiger partial charge in [0, 0.05) is 0 Å². The van der Waals surface area contributed by atoms with Crippen LogP contribution in [0.2, 0.25) is 0 Å². The number of aliphatic hydroxyl groups is 2. The van der Waals surface area contributed by atoms with Gasteiger partial charge in [-0.05, 0) is 39.0 Å². The summed E-state index contributed by atoms with van der Waals surface area (Å²) in [6.07, 6.45) is 8.76. The van der Waals surface area contributed by atoms with Crippen molar-refractivity contribution in [2.75, 3.05) is 0 Å². The van der Waals surface area contributed by atoms with Crippen molar-refractivity contribution in [3.8, 4) is 0 Å². The molecule has 16 heavy (non-hydrogen) atoms. The highest BCUT2D eigenvalue weighted by Crippen LogP contribution is 2.20. The molecule has 2 heteroatoms. The van der Waals surface area contributed by atoms with Gasteiger partial charge in [0.1, 0.15) is 0 Å². The second kappa shape index (κ2) is 9.00. The van der Waals surface area contributed by atoms with Gasteiger partial charge in [0.25, 0.3) is 0 Å². The Kier molecular flexibility index (Phi) is 8.96. The average molecular weight is 230 g/mol. The van der Waals surface area contributed by atoms with E-state index in [9.17, 15) is 10.2 Å². The van der Waals surface area contributed by atoms with Gasteiger partial charge in [-0.25, -0.2) is 0 Å². The van der Waals surface area contributed by atoms with E-state index in [1.165, 1.54) is 12.8 Å². The van der Waals surface area contributed by atoms with Gasteiger partial charge in [-0.1, -0.05) is 39.5 Å². The molecular weight excluding hydrogens is 200 g/mol. The molecule has 2 atom stereocenters. The van der Waals surface area contributed by atoms with Crippen molar-refractivity contribution < 1.29 is 10.2 Å². The molecular formula is C14H30O2. The summed E-state index contributed by atoms with van der Waals surface area (Å²) in [6, 6.07) is 0. The molecule has 0 heterocycles. The molecule has 0 aromatic heterocycles. The van der Waals surface area contributed by atoms with Gasteiger partial charge < -0.3 is 10.2 Å². The summed E-state index contributed by atoms with van der Waals surface area (Å²) >= 11 is 0. The van der Waals surface area contributed by atoms with Crippen LogP contribution in [0.5, 0.6) is 0 Å². The van der Waals surface area contributed by atoms with Crippen molar-refractivity contribution in [2.45, 2.75) is 90.3 Å². The molecule has 2 N–H and O–H groups in total. The molecule has 0 bridgehead atoms. The minimum absolute atomic E-state index is 0.163. The number of rotatable bonds is 10. The highest BCUT2D eigenvalue weighted by molar-refractivity contribution is 4.72. The molecule has 0 aliphatic heterocycles. The Bertz CT molecular complexity index is 155. The predicted molar refractivity (Wildman–Crippen MR) is 69.5 cm³/mol. The van der Waals surface area contributed by atoms with E-state index in [1.807, 2.05) is 6.92 Å². The lowest BCUT2D eigenvalue weighted by Crippen LogP contribution is -2.24. The molecule has 0 saturated carbocycles. The van der Waals surface area contributed by atoms with Gasteiger partial charge in [0.05, 0.1) is 11.7 Å². The third kappa shape index (κ3) is 9.17. The van der Waals surface area contributed by atoms with E-state index in [1.54, 1.807) is 0 Å². The van der Waals surface area contributed by atoms with E-state index in [0.29, 0.717) is 0 Å². The summed E-state index contributed by atoms with van der Waals surface area (Å²) in [7, 11) is 0. The van der Waals surface area contributed by atoms with Crippen molar-refractivity contribution in [3.63, 3.8) is 0 Å². The van der Waals surface area contributed by atoms with Crippen LogP contribution in [0, 0.1) is 0 Å². The zero-order chi connectivity index (χ0) is 12.4. The lowest BCUT2D eigenvalue weighted by molar-refractivity contribution is 0.0340. The van der Waals surface area contributed by atoms with Gasteiger partial charge in [-0.3, -0.25) is 0 Å². The topological polar surface area (TPSA) is 40.5 Å². The first kappa shape index (κ1) is 15.9. The first-order valence-corrected chi connectivity index (χ1v) is 6.92. The van der Waals surface area contributed by atoms with Crippen LogP contribution in [0.4, 0.5) is 0 Å². The second-order valence-electron chi connectivity index (χ2n) is 5.29. The monoisotopic (exact) mass is 230 g/mol. The van der Waals surface area contributed by atoms with Crippen molar-refractivity contribution in [1.82, 2.24) is 0 Å². The zero-order valence-electron chi connectivity index (χ0n) is 11.3. The molecule has 0 aromatic rings. The largest absolute Gasteiger partial charge is 0.393 e. The van der Waals surface area contributed by atoms with E-state index in [-0.39, 0.29) is 6.10 Å². The number of hydrogen-bond donors (Lipinski definition) is 2. The van der Waals surface area contributed by atoms with E-state index >= 15 is 0 Å². The van der Waals surface area contributed by atoms with Crippen LogP contribution in [-0.2, 0) is 0 Å². The Morgan fingerprint density at radius 1 is 0.938 bits per heavy atom. The smallest absolute Gasteiger partial charge is 0.0619 e. The third-order valence-corrected chi connectivity index (χ3v) is 3.18. The Morgan fingerprint density at radius 3 is 2.12 bits per heavy atom. The number of aliphatic hydroxyl groups excluding tert-OH is 1. The predicted octanol–water partition coefficient (Wildman–Crippen LogP) is 3.65. The van der Waals surface area contributed by atoms with Crippen molar-refractivity contribution in [1.29, 1.82) is 0 Å². The fourth-order valence-electron chi connectivity index (χ4n) is 2.16. The Morgan fingerprint density at radius 2 is 1.56 bits per heavy atom. The molecule has 0 unspecified atom stereocenters. The Balaban J connectivity index is 3.49. The summed E-state index contributed by atoms with van der Waals surface area (Å²) < 4.78 is 0. The molecule has 0 aromatic carbocycles. The van der Waals surface area contributed by atoms with Crippen molar-refractivity contribution in [3.05, 3.63) is 0 Å². The van der Waals surface area contributed by atoms with Gasteiger partial charge in [0.2, 0.25) is 0 Å². The minimum atomic E-state index is -0.530. The molecule has 2 nitrogen and oxygen atoms in total. The third-order valence-electron chi connectivity index (χ3n) is 3.18. The molecule has 0 fully saturated rings. The maximum atomic E-state index is 9.96. The fourth-order valence-corrected chi connectivity index (χ4v) is 2.16. The maximum Gasteiger partial charge on any atom is 0.0619 e. The summed E-state index contributed by atoms with van der Waals surface area (Å²) in [4.78, 5) is 0. The zero-order valence-corrected chi connectivity index (χ0v) is 11.3. The minimum Gasteiger partial charge on any atom is -0.393 e. The average Bonchev–Trinajstić information content (AvgIpc) is 2.17. The van der Waals surface area contributed by atoms with Crippen LogP contribution in [0.25, 0.3) is 0 Å².